The van der Waals surface area contributed by atoms with Crippen molar-refractivity contribution in [2.45, 2.75) is 39.0 Å². The van der Waals surface area contributed by atoms with Crippen LogP contribution in [0, 0.1) is 17.2 Å². The summed E-state index contributed by atoms with van der Waals surface area (Å²) in [4.78, 5) is 23.0. The molecule has 2 atom stereocenters. The van der Waals surface area contributed by atoms with Crippen LogP contribution in [0.15, 0.2) is 30.3 Å². The molecule has 2 unspecified atom stereocenters. The van der Waals surface area contributed by atoms with Gasteiger partial charge in [-0.25, -0.2) is 4.79 Å². The molecule has 2 amide bonds. The summed E-state index contributed by atoms with van der Waals surface area (Å²) in [5.41, 5.74) is 0.964. The fourth-order valence-electron chi connectivity index (χ4n) is 2.10. The molecule has 0 aromatic heterocycles. The van der Waals surface area contributed by atoms with Crippen molar-refractivity contribution in [1.29, 1.82) is 5.26 Å². The molecular formula is C17H23N3O4. The maximum absolute atomic E-state index is 12.2. The maximum Gasteiger partial charge on any atom is 0.405 e. The molecule has 130 valence electrons. The lowest BCUT2D eigenvalue weighted by atomic mass is 10.0. The van der Waals surface area contributed by atoms with Gasteiger partial charge in [0.25, 0.3) is 0 Å². The minimum absolute atomic E-state index is 0.0264. The largest absolute Gasteiger partial charge is 0.465 e. The lowest BCUT2D eigenvalue weighted by molar-refractivity contribution is -0.124. The summed E-state index contributed by atoms with van der Waals surface area (Å²) in [6, 6.07) is 9.67. The van der Waals surface area contributed by atoms with Gasteiger partial charge in [0.1, 0.15) is 12.1 Å². The number of benzene rings is 1. The average molecular weight is 333 g/mol. The van der Waals surface area contributed by atoms with E-state index in [1.807, 2.05) is 50.2 Å². The first-order valence-electron chi connectivity index (χ1n) is 7.73. The summed E-state index contributed by atoms with van der Waals surface area (Å²) >= 11 is 0. The third-order valence-electron chi connectivity index (χ3n) is 3.19. The van der Waals surface area contributed by atoms with Gasteiger partial charge < -0.3 is 20.5 Å². The van der Waals surface area contributed by atoms with Gasteiger partial charge in [-0.15, -0.1) is 0 Å². The number of carbonyl (C=O) groups is 2. The highest BCUT2D eigenvalue weighted by molar-refractivity contribution is 5.85. The average Bonchev–Trinajstić information content (AvgIpc) is 2.53. The Morgan fingerprint density at radius 3 is 2.46 bits per heavy atom. The monoisotopic (exact) mass is 333 g/mol. The van der Waals surface area contributed by atoms with E-state index in [-0.39, 0.29) is 12.5 Å². The first kappa shape index (κ1) is 19.5. The minimum atomic E-state index is -1.27. The van der Waals surface area contributed by atoms with Crippen molar-refractivity contribution in [1.82, 2.24) is 10.6 Å². The van der Waals surface area contributed by atoms with Gasteiger partial charge in [-0.1, -0.05) is 44.2 Å². The number of nitrogens with one attached hydrogen (secondary N) is 2. The number of hydrogen-bond acceptors (Lipinski definition) is 4. The van der Waals surface area contributed by atoms with Crippen molar-refractivity contribution in [2.75, 3.05) is 6.61 Å². The predicted molar refractivity (Wildman–Crippen MR) is 88.0 cm³/mol. The van der Waals surface area contributed by atoms with Gasteiger partial charge in [0.2, 0.25) is 5.91 Å². The van der Waals surface area contributed by atoms with Crippen molar-refractivity contribution < 1.29 is 19.4 Å². The second-order valence-electron chi connectivity index (χ2n) is 5.82. The normalized spacial score (nSPS) is 12.9. The second-order valence-corrected chi connectivity index (χ2v) is 5.82. The van der Waals surface area contributed by atoms with Crippen LogP contribution < -0.4 is 10.6 Å². The molecule has 0 bridgehead atoms. The van der Waals surface area contributed by atoms with Gasteiger partial charge in [-0.05, 0) is 17.9 Å². The summed E-state index contributed by atoms with van der Waals surface area (Å²) in [5.74, 6) is -0.400. The van der Waals surface area contributed by atoms with E-state index in [1.54, 1.807) is 0 Å². The molecule has 1 aromatic carbocycles. The van der Waals surface area contributed by atoms with Crippen LogP contribution in [-0.4, -0.2) is 35.8 Å². The van der Waals surface area contributed by atoms with Gasteiger partial charge in [0, 0.05) is 0 Å². The standard InChI is InChI=1S/C17H23N3O4/c1-12(2)8-15(20-17(22)23)16(21)19-14(9-18)11-24-10-13-6-4-3-5-7-13/h3-7,12,14-15,20H,8,10-11H2,1-2H3,(H,19,21)(H,22,23). The number of rotatable bonds is 9. The number of carbonyl (C=O) groups excluding carboxylic acids is 1. The Kier molecular flexibility index (Phi) is 8.30. The molecule has 0 fully saturated rings. The van der Waals surface area contributed by atoms with E-state index < -0.39 is 24.1 Å². The van der Waals surface area contributed by atoms with E-state index in [1.165, 1.54) is 0 Å². The molecule has 0 radical (unpaired) electrons. The summed E-state index contributed by atoms with van der Waals surface area (Å²) in [7, 11) is 0. The number of ether oxygens (including phenoxy) is 1. The van der Waals surface area contributed by atoms with Crippen LogP contribution in [0.5, 0.6) is 0 Å². The summed E-state index contributed by atoms with van der Waals surface area (Å²) in [6.07, 6.45) is -0.925. The zero-order valence-electron chi connectivity index (χ0n) is 13.9. The number of nitrogens with zero attached hydrogens (tertiary/aromatic N) is 1. The van der Waals surface area contributed by atoms with Crippen LogP contribution >= 0.6 is 0 Å². The molecule has 1 aromatic rings. The van der Waals surface area contributed by atoms with Gasteiger partial charge in [0.05, 0.1) is 19.3 Å². The number of amides is 2. The summed E-state index contributed by atoms with van der Waals surface area (Å²) in [6.45, 7) is 4.12. The Bertz CT molecular complexity index is 569. The molecule has 0 aliphatic carbocycles. The maximum atomic E-state index is 12.2. The Labute approximate surface area is 141 Å². The number of carboxylic acid groups (broad SMARTS) is 1. The molecule has 0 heterocycles. The Hall–Kier alpha value is -2.59. The van der Waals surface area contributed by atoms with Crippen LogP contribution in [0.1, 0.15) is 25.8 Å². The van der Waals surface area contributed by atoms with Crippen LogP contribution in [0.25, 0.3) is 0 Å². The molecule has 0 saturated heterocycles. The molecule has 0 saturated carbocycles. The Balaban J connectivity index is 2.50. The highest BCUT2D eigenvalue weighted by Gasteiger charge is 2.24. The molecule has 7 nitrogen and oxygen atoms in total. The quantitative estimate of drug-likeness (QED) is 0.639. The van der Waals surface area contributed by atoms with E-state index in [0.717, 1.165) is 5.56 Å². The highest BCUT2D eigenvalue weighted by Crippen LogP contribution is 2.06. The molecule has 7 heteroatoms. The number of hydrogen-bond donors (Lipinski definition) is 3. The van der Waals surface area contributed by atoms with Crippen LogP contribution in [0.4, 0.5) is 4.79 Å². The first-order chi connectivity index (χ1) is 11.4. The van der Waals surface area contributed by atoms with E-state index >= 15 is 0 Å². The van der Waals surface area contributed by atoms with Crippen molar-refractivity contribution in [2.24, 2.45) is 5.92 Å². The second kappa shape index (κ2) is 10.2. The molecular weight excluding hydrogens is 310 g/mol. The lowest BCUT2D eigenvalue weighted by Gasteiger charge is -2.20. The van der Waals surface area contributed by atoms with E-state index in [0.29, 0.717) is 13.0 Å². The smallest absolute Gasteiger partial charge is 0.405 e. The summed E-state index contributed by atoms with van der Waals surface area (Å²) < 4.78 is 5.44. The molecule has 24 heavy (non-hydrogen) atoms. The fourth-order valence-corrected chi connectivity index (χ4v) is 2.10. The topological polar surface area (TPSA) is 111 Å². The van der Waals surface area contributed by atoms with Crippen molar-refractivity contribution in [3.63, 3.8) is 0 Å². The Morgan fingerprint density at radius 1 is 1.25 bits per heavy atom. The van der Waals surface area contributed by atoms with Crippen LogP contribution in [0.3, 0.4) is 0 Å². The predicted octanol–water partition coefficient (Wildman–Crippen LogP) is 1.89. The van der Waals surface area contributed by atoms with Crippen LogP contribution in [0.2, 0.25) is 0 Å². The Morgan fingerprint density at radius 2 is 1.92 bits per heavy atom. The van der Waals surface area contributed by atoms with Gasteiger partial charge in [-0.3, -0.25) is 4.79 Å². The molecule has 0 spiro atoms. The van der Waals surface area contributed by atoms with Crippen LogP contribution in [-0.2, 0) is 16.1 Å². The zero-order chi connectivity index (χ0) is 17.9. The third-order valence-corrected chi connectivity index (χ3v) is 3.19. The SMILES string of the molecule is CC(C)CC(NC(=O)O)C(=O)NC(C#N)COCc1ccccc1. The fraction of sp³-hybridized carbons (Fsp3) is 0.471. The van der Waals surface area contributed by atoms with E-state index in [9.17, 15) is 9.59 Å². The third kappa shape index (κ3) is 7.61. The summed E-state index contributed by atoms with van der Waals surface area (Å²) in [5, 5.41) is 22.6. The molecule has 0 aliphatic rings. The highest BCUT2D eigenvalue weighted by atomic mass is 16.5. The van der Waals surface area contributed by atoms with Gasteiger partial charge >= 0.3 is 6.09 Å². The lowest BCUT2D eigenvalue weighted by Crippen LogP contribution is -2.50. The molecule has 1 rings (SSSR count). The molecule has 3 N–H and O–H groups in total. The van der Waals surface area contributed by atoms with E-state index in [2.05, 4.69) is 10.6 Å². The first-order valence-corrected chi connectivity index (χ1v) is 7.73. The van der Waals surface area contributed by atoms with Gasteiger partial charge in [-0.2, -0.15) is 5.26 Å². The molecule has 0 aliphatic heterocycles. The van der Waals surface area contributed by atoms with E-state index in [4.69, 9.17) is 15.1 Å². The van der Waals surface area contributed by atoms with Crippen molar-refractivity contribution >= 4 is 12.0 Å². The van der Waals surface area contributed by atoms with Crippen molar-refractivity contribution in [3.8, 4) is 6.07 Å². The number of nitriles is 1. The van der Waals surface area contributed by atoms with Crippen molar-refractivity contribution in [3.05, 3.63) is 35.9 Å². The zero-order valence-corrected chi connectivity index (χ0v) is 13.9. The minimum Gasteiger partial charge on any atom is -0.465 e. The van der Waals surface area contributed by atoms with Gasteiger partial charge in [0.15, 0.2) is 0 Å².